The van der Waals surface area contributed by atoms with Crippen LogP contribution in [0.25, 0.3) is 11.1 Å². The summed E-state index contributed by atoms with van der Waals surface area (Å²) in [6, 6.07) is 27.6. The maximum Gasteiger partial charge on any atom is 0.294 e. The van der Waals surface area contributed by atoms with Crippen LogP contribution in [-0.4, -0.2) is 13.0 Å². The smallest absolute Gasteiger partial charge is 0.294 e. The van der Waals surface area contributed by atoms with Gasteiger partial charge in [-0.2, -0.15) is 8.42 Å². The SMILES string of the molecule is Nc1ccc(C2(c3ccc(N)cc3)c3ccccc3-c3cccc(S(=O)(=O)O)c32)cc1. The van der Waals surface area contributed by atoms with Crippen LogP contribution in [0.15, 0.2) is 95.9 Å². The zero-order valence-electron chi connectivity index (χ0n) is 16.5. The fourth-order valence-corrected chi connectivity index (χ4v) is 5.54. The molecule has 0 saturated carbocycles. The summed E-state index contributed by atoms with van der Waals surface area (Å²) in [6.45, 7) is 0. The lowest BCUT2D eigenvalue weighted by Gasteiger charge is -2.34. The fraction of sp³-hybridized carbons (Fsp3) is 0.0400. The number of anilines is 2. The minimum atomic E-state index is -4.50. The van der Waals surface area contributed by atoms with Gasteiger partial charge in [0.25, 0.3) is 10.1 Å². The van der Waals surface area contributed by atoms with E-state index in [9.17, 15) is 13.0 Å². The van der Waals surface area contributed by atoms with Gasteiger partial charge in [0.2, 0.25) is 0 Å². The quantitative estimate of drug-likeness (QED) is 0.291. The molecule has 0 aromatic heterocycles. The third-order valence-electron chi connectivity index (χ3n) is 5.99. The molecule has 4 aromatic carbocycles. The van der Waals surface area contributed by atoms with Crippen LogP contribution in [0.1, 0.15) is 22.3 Å². The lowest BCUT2D eigenvalue weighted by molar-refractivity contribution is 0.481. The first-order valence-electron chi connectivity index (χ1n) is 9.76. The molecular weight excluding hydrogens is 408 g/mol. The molecule has 31 heavy (non-hydrogen) atoms. The minimum absolute atomic E-state index is 0.116. The average Bonchev–Trinajstić information content (AvgIpc) is 3.06. The zero-order valence-corrected chi connectivity index (χ0v) is 17.3. The van der Waals surface area contributed by atoms with Gasteiger partial charge in [0.1, 0.15) is 0 Å². The van der Waals surface area contributed by atoms with Crippen molar-refractivity contribution in [2.45, 2.75) is 10.3 Å². The standard InChI is InChI=1S/C25H20N2O3S/c26-18-12-8-16(9-13-18)25(17-10-14-19(27)15-11-17)22-6-2-1-4-20(22)21-5-3-7-23(24(21)25)31(28,29)30/h1-15H,26-27H2,(H,28,29,30). The molecular formula is C25H20N2O3S. The molecule has 0 amide bonds. The minimum Gasteiger partial charge on any atom is -0.399 e. The predicted octanol–water partition coefficient (Wildman–Crippen LogP) is 4.46. The van der Waals surface area contributed by atoms with Crippen LogP contribution in [0.3, 0.4) is 0 Å². The van der Waals surface area contributed by atoms with Crippen molar-refractivity contribution in [3.8, 4) is 11.1 Å². The van der Waals surface area contributed by atoms with Gasteiger partial charge in [-0.05, 0) is 58.1 Å². The first-order chi connectivity index (χ1) is 14.8. The number of hydrogen-bond donors (Lipinski definition) is 3. The molecule has 0 radical (unpaired) electrons. The van der Waals surface area contributed by atoms with Gasteiger partial charge in [-0.1, -0.05) is 60.7 Å². The Morgan fingerprint density at radius 2 is 1.16 bits per heavy atom. The van der Waals surface area contributed by atoms with E-state index < -0.39 is 15.5 Å². The van der Waals surface area contributed by atoms with E-state index in [2.05, 4.69) is 0 Å². The average molecular weight is 429 g/mol. The molecule has 5 nitrogen and oxygen atoms in total. The molecule has 1 aliphatic rings. The van der Waals surface area contributed by atoms with Crippen LogP contribution in [-0.2, 0) is 15.5 Å². The maximum absolute atomic E-state index is 12.5. The van der Waals surface area contributed by atoms with Crippen LogP contribution >= 0.6 is 0 Å². The van der Waals surface area contributed by atoms with E-state index in [1.54, 1.807) is 30.3 Å². The third-order valence-corrected chi connectivity index (χ3v) is 6.88. The molecule has 0 unspecified atom stereocenters. The fourth-order valence-electron chi connectivity index (χ4n) is 4.77. The molecule has 6 heteroatoms. The molecule has 0 heterocycles. The van der Waals surface area contributed by atoms with E-state index >= 15 is 0 Å². The zero-order chi connectivity index (χ0) is 21.8. The number of nitrogen functional groups attached to an aromatic ring is 2. The second-order valence-corrected chi connectivity index (χ2v) is 9.08. The topological polar surface area (TPSA) is 106 Å². The first kappa shape index (κ1) is 19.4. The molecule has 1 aliphatic carbocycles. The Labute approximate surface area is 180 Å². The van der Waals surface area contributed by atoms with Gasteiger partial charge >= 0.3 is 0 Å². The maximum atomic E-state index is 12.5. The Balaban J connectivity index is 2.03. The highest BCUT2D eigenvalue weighted by Gasteiger charge is 2.48. The summed E-state index contributed by atoms with van der Waals surface area (Å²) in [5, 5.41) is 0. The van der Waals surface area contributed by atoms with Gasteiger partial charge in [0, 0.05) is 16.9 Å². The predicted molar refractivity (Wildman–Crippen MR) is 122 cm³/mol. The van der Waals surface area contributed by atoms with Crippen molar-refractivity contribution in [1.82, 2.24) is 0 Å². The van der Waals surface area contributed by atoms with Gasteiger partial charge in [0.15, 0.2) is 0 Å². The number of fused-ring (bicyclic) bond motifs is 3. The third kappa shape index (κ3) is 2.76. The number of hydrogen-bond acceptors (Lipinski definition) is 4. The highest BCUT2D eigenvalue weighted by Crippen LogP contribution is 2.57. The Morgan fingerprint density at radius 1 is 0.645 bits per heavy atom. The molecule has 0 saturated heterocycles. The van der Waals surface area contributed by atoms with Crippen LogP contribution in [0, 0.1) is 0 Å². The van der Waals surface area contributed by atoms with E-state index in [1.165, 1.54) is 6.07 Å². The summed E-state index contributed by atoms with van der Waals surface area (Å²) in [5.74, 6) is 0. The summed E-state index contributed by atoms with van der Waals surface area (Å²) in [6.07, 6.45) is 0. The lowest BCUT2D eigenvalue weighted by Crippen LogP contribution is -2.30. The highest BCUT2D eigenvalue weighted by molar-refractivity contribution is 7.85. The number of rotatable bonds is 3. The molecule has 5 N–H and O–H groups in total. The second kappa shape index (κ2) is 6.70. The Morgan fingerprint density at radius 3 is 1.71 bits per heavy atom. The van der Waals surface area contributed by atoms with Crippen molar-refractivity contribution >= 4 is 21.5 Å². The molecule has 0 fully saturated rings. The summed E-state index contributed by atoms with van der Waals surface area (Å²) in [5.41, 5.74) is 17.0. The highest BCUT2D eigenvalue weighted by atomic mass is 32.2. The van der Waals surface area contributed by atoms with Crippen LogP contribution in [0.4, 0.5) is 11.4 Å². The molecule has 4 aromatic rings. The van der Waals surface area contributed by atoms with Crippen molar-refractivity contribution in [3.05, 3.63) is 113 Å². The first-order valence-corrected chi connectivity index (χ1v) is 11.2. The lowest BCUT2D eigenvalue weighted by atomic mass is 9.67. The van der Waals surface area contributed by atoms with Crippen molar-refractivity contribution in [2.75, 3.05) is 11.5 Å². The molecule has 5 rings (SSSR count). The Bertz CT molecular complexity index is 1360. The van der Waals surface area contributed by atoms with Crippen LogP contribution in [0.2, 0.25) is 0 Å². The van der Waals surface area contributed by atoms with E-state index in [1.807, 2.05) is 54.6 Å². The molecule has 154 valence electrons. The van der Waals surface area contributed by atoms with Crippen LogP contribution in [0.5, 0.6) is 0 Å². The van der Waals surface area contributed by atoms with Gasteiger partial charge in [-0.3, -0.25) is 4.55 Å². The molecule has 0 spiro atoms. The number of benzene rings is 4. The second-order valence-electron chi connectivity index (χ2n) is 7.69. The summed E-state index contributed by atoms with van der Waals surface area (Å²) in [7, 11) is -4.50. The Kier molecular flexibility index (Phi) is 4.18. The largest absolute Gasteiger partial charge is 0.399 e. The van der Waals surface area contributed by atoms with Crippen LogP contribution < -0.4 is 11.5 Å². The summed E-state index contributed by atoms with van der Waals surface area (Å²) >= 11 is 0. The van der Waals surface area contributed by atoms with Gasteiger partial charge in [0.05, 0.1) is 10.3 Å². The summed E-state index contributed by atoms with van der Waals surface area (Å²) < 4.78 is 35.2. The van der Waals surface area contributed by atoms with E-state index in [-0.39, 0.29) is 4.90 Å². The molecule has 0 bridgehead atoms. The van der Waals surface area contributed by atoms with E-state index in [4.69, 9.17) is 11.5 Å². The van der Waals surface area contributed by atoms with Crippen molar-refractivity contribution in [2.24, 2.45) is 0 Å². The van der Waals surface area contributed by atoms with Crippen molar-refractivity contribution in [1.29, 1.82) is 0 Å². The molecule has 0 atom stereocenters. The van der Waals surface area contributed by atoms with Crippen molar-refractivity contribution < 1.29 is 13.0 Å². The number of nitrogens with two attached hydrogens (primary N) is 2. The molecule has 0 aliphatic heterocycles. The van der Waals surface area contributed by atoms with Crippen molar-refractivity contribution in [3.63, 3.8) is 0 Å². The normalized spacial score (nSPS) is 14.1. The summed E-state index contributed by atoms with van der Waals surface area (Å²) in [4.78, 5) is -0.116. The van der Waals surface area contributed by atoms with Gasteiger partial charge in [-0.25, -0.2) is 0 Å². The van der Waals surface area contributed by atoms with Gasteiger partial charge in [-0.15, -0.1) is 0 Å². The van der Waals surface area contributed by atoms with E-state index in [0.29, 0.717) is 16.9 Å². The Hall–Kier alpha value is -3.61. The van der Waals surface area contributed by atoms with E-state index in [0.717, 1.165) is 27.8 Å². The van der Waals surface area contributed by atoms with Gasteiger partial charge < -0.3 is 11.5 Å². The monoisotopic (exact) mass is 428 g/mol.